The lowest BCUT2D eigenvalue weighted by atomic mass is 10.0. The fourth-order valence-corrected chi connectivity index (χ4v) is 2.62. The highest BCUT2D eigenvalue weighted by molar-refractivity contribution is 5.76. The van der Waals surface area contributed by atoms with Crippen LogP contribution in [0.15, 0.2) is 48.5 Å². The predicted octanol–water partition coefficient (Wildman–Crippen LogP) is 4.46. The summed E-state index contributed by atoms with van der Waals surface area (Å²) in [6.07, 6.45) is 0. The second kappa shape index (κ2) is 9.88. The van der Waals surface area contributed by atoms with Gasteiger partial charge in [-0.15, -0.1) is 0 Å². The van der Waals surface area contributed by atoms with Crippen molar-refractivity contribution in [2.75, 3.05) is 13.2 Å². The molecule has 0 saturated heterocycles. The van der Waals surface area contributed by atoms with E-state index in [2.05, 4.69) is 0 Å². The molecule has 2 aromatic rings. The van der Waals surface area contributed by atoms with Crippen LogP contribution in [0.3, 0.4) is 0 Å². The van der Waals surface area contributed by atoms with Crippen molar-refractivity contribution in [1.82, 2.24) is 0 Å². The van der Waals surface area contributed by atoms with E-state index in [1.165, 1.54) is 0 Å². The van der Waals surface area contributed by atoms with E-state index < -0.39 is 11.9 Å². The maximum Gasteiger partial charge on any atom is 0.337 e. The fraction of sp³-hybridized carbons (Fsp3) is 0.364. The van der Waals surface area contributed by atoms with Gasteiger partial charge in [0.25, 0.3) is 0 Å². The predicted molar refractivity (Wildman–Crippen MR) is 103 cm³/mol. The van der Waals surface area contributed by atoms with E-state index in [-0.39, 0.29) is 25.0 Å². The largest absolute Gasteiger partial charge is 0.425 e. The molecule has 2 aromatic carbocycles. The van der Waals surface area contributed by atoms with Gasteiger partial charge in [0.15, 0.2) is 0 Å². The van der Waals surface area contributed by atoms with E-state index in [0.717, 1.165) is 11.1 Å². The molecule has 0 aliphatic rings. The Hall–Kier alpha value is -2.66. The highest BCUT2D eigenvalue weighted by Crippen LogP contribution is 2.26. The molecule has 27 heavy (non-hydrogen) atoms. The number of esters is 2. The summed E-state index contributed by atoms with van der Waals surface area (Å²) in [5.41, 5.74) is 1.88. The van der Waals surface area contributed by atoms with Crippen LogP contribution in [-0.4, -0.2) is 25.2 Å². The number of benzene rings is 2. The number of carbonyl (C=O) groups is 2. The molecule has 0 amide bonds. The Morgan fingerprint density at radius 2 is 1.07 bits per heavy atom. The van der Waals surface area contributed by atoms with Gasteiger partial charge in [-0.05, 0) is 35.1 Å². The van der Waals surface area contributed by atoms with E-state index in [1.807, 2.05) is 52.0 Å². The van der Waals surface area contributed by atoms with Crippen LogP contribution >= 0.6 is 0 Å². The number of hydrogen-bond acceptors (Lipinski definition) is 5. The first-order valence-electron chi connectivity index (χ1n) is 9.05. The number of carbonyl (C=O) groups excluding carboxylic acids is 2. The molecule has 0 spiro atoms. The third-order valence-electron chi connectivity index (χ3n) is 3.97. The van der Waals surface area contributed by atoms with Gasteiger partial charge < -0.3 is 14.2 Å². The number of hydrogen-bond donors (Lipinski definition) is 0. The van der Waals surface area contributed by atoms with Gasteiger partial charge in [0.2, 0.25) is 0 Å². The smallest absolute Gasteiger partial charge is 0.337 e. The quantitative estimate of drug-likeness (QED) is 0.507. The maximum absolute atomic E-state index is 12.0. The average Bonchev–Trinajstić information content (AvgIpc) is 2.62. The lowest BCUT2D eigenvalue weighted by Gasteiger charge is -2.13. The Morgan fingerprint density at radius 1 is 0.704 bits per heavy atom. The van der Waals surface area contributed by atoms with Gasteiger partial charge in [0.1, 0.15) is 24.7 Å². The van der Waals surface area contributed by atoms with Crippen LogP contribution in [0.5, 0.6) is 11.5 Å². The maximum atomic E-state index is 12.0. The molecule has 0 bridgehead atoms. The van der Waals surface area contributed by atoms with Crippen molar-refractivity contribution >= 4 is 11.9 Å². The molecule has 0 aromatic heterocycles. The molecule has 144 valence electrons. The van der Waals surface area contributed by atoms with Crippen molar-refractivity contribution < 1.29 is 23.8 Å². The van der Waals surface area contributed by atoms with Crippen LogP contribution in [0.2, 0.25) is 0 Å². The Labute approximate surface area is 160 Å². The summed E-state index contributed by atoms with van der Waals surface area (Å²) in [6, 6.07) is 14.7. The average molecular weight is 370 g/mol. The topological polar surface area (TPSA) is 61.8 Å². The fourth-order valence-electron chi connectivity index (χ4n) is 2.62. The van der Waals surface area contributed by atoms with Crippen molar-refractivity contribution in [3.8, 4) is 11.5 Å². The Bertz CT molecular complexity index is 714. The molecular formula is C22H26O5. The van der Waals surface area contributed by atoms with Crippen LogP contribution in [-0.2, 0) is 14.3 Å². The minimum Gasteiger partial charge on any atom is -0.425 e. The van der Waals surface area contributed by atoms with Gasteiger partial charge in [-0.1, -0.05) is 64.1 Å². The lowest BCUT2D eigenvalue weighted by molar-refractivity contribution is -0.145. The molecule has 0 N–H and O–H groups in total. The van der Waals surface area contributed by atoms with Crippen molar-refractivity contribution in [3.63, 3.8) is 0 Å². The lowest BCUT2D eigenvalue weighted by Crippen LogP contribution is -2.22. The van der Waals surface area contributed by atoms with Crippen LogP contribution in [0, 0.1) is 0 Å². The van der Waals surface area contributed by atoms with E-state index in [0.29, 0.717) is 11.5 Å². The second-order valence-corrected chi connectivity index (χ2v) is 6.83. The molecule has 0 unspecified atom stereocenters. The number of para-hydroxylation sites is 2. The van der Waals surface area contributed by atoms with Crippen LogP contribution in [0.1, 0.15) is 50.7 Å². The summed E-state index contributed by atoms with van der Waals surface area (Å²) in [5, 5.41) is 0. The third-order valence-corrected chi connectivity index (χ3v) is 3.97. The molecule has 0 radical (unpaired) electrons. The number of ether oxygens (including phenoxy) is 3. The van der Waals surface area contributed by atoms with Crippen molar-refractivity contribution in [2.24, 2.45) is 0 Å². The monoisotopic (exact) mass is 370 g/mol. The second-order valence-electron chi connectivity index (χ2n) is 6.83. The van der Waals surface area contributed by atoms with E-state index in [1.54, 1.807) is 24.3 Å². The Kier molecular flexibility index (Phi) is 7.55. The molecule has 0 aliphatic carbocycles. The van der Waals surface area contributed by atoms with Gasteiger partial charge in [-0.2, -0.15) is 0 Å². The molecule has 0 atom stereocenters. The van der Waals surface area contributed by atoms with Crippen LogP contribution in [0.4, 0.5) is 0 Å². The summed E-state index contributed by atoms with van der Waals surface area (Å²) < 4.78 is 15.8. The van der Waals surface area contributed by atoms with Crippen molar-refractivity contribution in [3.05, 3.63) is 59.7 Å². The standard InChI is InChI=1S/C22H26O5/c1-15(2)17-9-5-7-11-19(17)26-21(23)13-25-14-22(24)27-20-12-8-6-10-18(20)16(3)4/h5-12,15-16H,13-14H2,1-4H3. The molecule has 2 rings (SSSR count). The molecular weight excluding hydrogens is 344 g/mol. The first kappa shape index (κ1) is 20.6. The summed E-state index contributed by atoms with van der Waals surface area (Å²) in [6.45, 7) is 7.44. The van der Waals surface area contributed by atoms with Crippen molar-refractivity contribution in [2.45, 2.75) is 39.5 Å². The SMILES string of the molecule is CC(C)c1ccccc1OC(=O)COCC(=O)Oc1ccccc1C(C)C. The van der Waals surface area contributed by atoms with Gasteiger partial charge >= 0.3 is 11.9 Å². The Morgan fingerprint density at radius 3 is 1.44 bits per heavy atom. The number of rotatable bonds is 8. The summed E-state index contributed by atoms with van der Waals surface area (Å²) in [7, 11) is 0. The van der Waals surface area contributed by atoms with Gasteiger partial charge in [0.05, 0.1) is 0 Å². The highest BCUT2D eigenvalue weighted by atomic mass is 16.6. The molecule has 0 saturated carbocycles. The first-order chi connectivity index (χ1) is 12.9. The summed E-state index contributed by atoms with van der Waals surface area (Å²) in [5.74, 6) is 0.359. The molecule has 5 heteroatoms. The normalized spacial score (nSPS) is 10.9. The van der Waals surface area contributed by atoms with Gasteiger partial charge in [0, 0.05) is 0 Å². The third kappa shape index (κ3) is 6.22. The highest BCUT2D eigenvalue weighted by Gasteiger charge is 2.14. The van der Waals surface area contributed by atoms with E-state index >= 15 is 0 Å². The minimum absolute atomic E-state index is 0.228. The first-order valence-corrected chi connectivity index (χ1v) is 9.05. The molecule has 5 nitrogen and oxygen atoms in total. The molecule has 0 fully saturated rings. The Balaban J connectivity index is 1.83. The zero-order valence-corrected chi connectivity index (χ0v) is 16.2. The zero-order valence-electron chi connectivity index (χ0n) is 16.2. The summed E-state index contributed by atoms with van der Waals surface area (Å²) >= 11 is 0. The molecule has 0 aliphatic heterocycles. The van der Waals surface area contributed by atoms with Crippen LogP contribution in [0.25, 0.3) is 0 Å². The van der Waals surface area contributed by atoms with E-state index in [9.17, 15) is 9.59 Å². The summed E-state index contributed by atoms with van der Waals surface area (Å²) in [4.78, 5) is 23.9. The van der Waals surface area contributed by atoms with Crippen molar-refractivity contribution in [1.29, 1.82) is 0 Å². The zero-order chi connectivity index (χ0) is 19.8. The van der Waals surface area contributed by atoms with Gasteiger partial charge in [-0.3, -0.25) is 0 Å². The minimum atomic E-state index is -0.557. The van der Waals surface area contributed by atoms with Crippen LogP contribution < -0.4 is 9.47 Å². The van der Waals surface area contributed by atoms with Gasteiger partial charge in [-0.25, -0.2) is 9.59 Å². The molecule has 0 heterocycles. The van der Waals surface area contributed by atoms with E-state index in [4.69, 9.17) is 14.2 Å².